The van der Waals surface area contributed by atoms with Crippen molar-refractivity contribution in [2.45, 2.75) is 44.6 Å². The largest absolute Gasteiger partial charge is 0.289 e. The van der Waals surface area contributed by atoms with Crippen LogP contribution in [-0.4, -0.2) is 27.0 Å². The van der Waals surface area contributed by atoms with E-state index in [4.69, 9.17) is 4.98 Å². The van der Waals surface area contributed by atoms with Gasteiger partial charge in [-0.05, 0) is 32.9 Å². The van der Waals surface area contributed by atoms with Gasteiger partial charge in [-0.15, -0.1) is 11.3 Å². The number of thiazole rings is 1. The van der Waals surface area contributed by atoms with Crippen LogP contribution < -0.4 is 10.5 Å². The van der Waals surface area contributed by atoms with Gasteiger partial charge in [0, 0.05) is 30.6 Å². The number of para-hydroxylation sites is 1. The summed E-state index contributed by atoms with van der Waals surface area (Å²) in [6.07, 6.45) is 0. The Morgan fingerprint density at radius 2 is 2.04 bits per heavy atom. The molecule has 3 aromatic rings. The van der Waals surface area contributed by atoms with Crippen LogP contribution in [-0.2, 0) is 10.5 Å². The molecular formula is C19H22N4O2S2. The molecular weight excluding hydrogens is 380 g/mol. The van der Waals surface area contributed by atoms with Crippen molar-refractivity contribution in [3.8, 4) is 0 Å². The minimum Gasteiger partial charge on any atom is -0.289 e. The molecule has 1 aromatic carbocycles. The van der Waals surface area contributed by atoms with Crippen LogP contribution in [0.3, 0.4) is 0 Å². The maximum absolute atomic E-state index is 12.9. The number of hydrogen-bond acceptors (Lipinski definition) is 6. The van der Waals surface area contributed by atoms with E-state index in [-0.39, 0.29) is 17.5 Å². The zero-order chi connectivity index (χ0) is 19.6. The van der Waals surface area contributed by atoms with Crippen molar-refractivity contribution in [3.05, 3.63) is 45.7 Å². The average Bonchev–Trinajstić information content (AvgIpc) is 3.08. The summed E-state index contributed by atoms with van der Waals surface area (Å²) in [5.74, 6) is 0.569. The molecule has 142 valence electrons. The highest BCUT2D eigenvalue weighted by molar-refractivity contribution is 7.98. The lowest BCUT2D eigenvalue weighted by atomic mass is 10.2. The molecule has 27 heavy (non-hydrogen) atoms. The molecule has 0 N–H and O–H groups in total. The van der Waals surface area contributed by atoms with E-state index in [1.54, 1.807) is 16.4 Å². The first kappa shape index (κ1) is 19.6. The fourth-order valence-corrected chi connectivity index (χ4v) is 4.86. The molecule has 6 nitrogen and oxygen atoms in total. The summed E-state index contributed by atoms with van der Waals surface area (Å²) >= 11 is 2.94. The lowest BCUT2D eigenvalue weighted by Gasteiger charge is -2.16. The Bertz CT molecular complexity index is 1030. The first-order valence-corrected chi connectivity index (χ1v) is 10.7. The molecule has 3 rings (SSSR count). The maximum atomic E-state index is 12.9. The van der Waals surface area contributed by atoms with Crippen molar-refractivity contribution < 1.29 is 4.79 Å². The molecule has 0 fully saturated rings. The summed E-state index contributed by atoms with van der Waals surface area (Å²) < 4.78 is 1.73. The van der Waals surface area contributed by atoms with Gasteiger partial charge < -0.3 is 0 Å². The molecule has 0 spiro atoms. The molecule has 0 aliphatic heterocycles. The number of thioether (sulfide) groups is 1. The predicted octanol–water partition coefficient (Wildman–Crippen LogP) is 4.10. The van der Waals surface area contributed by atoms with Gasteiger partial charge in [0.05, 0.1) is 16.6 Å². The van der Waals surface area contributed by atoms with Crippen LogP contribution in [0.4, 0.5) is 5.13 Å². The molecule has 2 heterocycles. The second kappa shape index (κ2) is 8.22. The zero-order valence-corrected chi connectivity index (χ0v) is 17.4. The zero-order valence-electron chi connectivity index (χ0n) is 15.8. The van der Waals surface area contributed by atoms with E-state index in [0.717, 1.165) is 5.69 Å². The molecule has 0 radical (unpaired) electrons. The molecule has 1 amide bonds. The Morgan fingerprint density at radius 3 is 2.70 bits per heavy atom. The third kappa shape index (κ3) is 4.06. The van der Waals surface area contributed by atoms with Gasteiger partial charge in [-0.2, -0.15) is 0 Å². The average molecular weight is 403 g/mol. The summed E-state index contributed by atoms with van der Waals surface area (Å²) in [7, 11) is 0. The highest BCUT2D eigenvalue weighted by atomic mass is 32.2. The summed E-state index contributed by atoms with van der Waals surface area (Å²) in [4.78, 5) is 35.5. The van der Waals surface area contributed by atoms with Crippen molar-refractivity contribution in [2.75, 3.05) is 11.4 Å². The van der Waals surface area contributed by atoms with Gasteiger partial charge in [0.25, 0.3) is 5.56 Å². The molecule has 0 aliphatic carbocycles. The van der Waals surface area contributed by atoms with Crippen LogP contribution in [0.5, 0.6) is 0 Å². The number of hydrogen-bond donors (Lipinski definition) is 0. The van der Waals surface area contributed by atoms with E-state index in [2.05, 4.69) is 4.98 Å². The van der Waals surface area contributed by atoms with Gasteiger partial charge in [-0.25, -0.2) is 9.97 Å². The van der Waals surface area contributed by atoms with E-state index >= 15 is 0 Å². The van der Waals surface area contributed by atoms with Crippen molar-refractivity contribution >= 4 is 45.0 Å². The third-order valence-corrected chi connectivity index (χ3v) is 6.01. The third-order valence-electron chi connectivity index (χ3n) is 4.11. The fourth-order valence-electron chi connectivity index (χ4n) is 2.80. The van der Waals surface area contributed by atoms with Crippen LogP contribution in [0.15, 0.2) is 39.6 Å². The molecule has 0 unspecified atom stereocenters. The molecule has 0 bridgehead atoms. The van der Waals surface area contributed by atoms with E-state index in [1.165, 1.54) is 23.1 Å². The normalized spacial score (nSPS) is 11.3. The fraction of sp³-hybridized carbons (Fsp3) is 0.368. The highest BCUT2D eigenvalue weighted by Crippen LogP contribution is 2.27. The van der Waals surface area contributed by atoms with Crippen LogP contribution >= 0.6 is 23.1 Å². The van der Waals surface area contributed by atoms with Crippen molar-refractivity contribution in [2.24, 2.45) is 0 Å². The smallest absolute Gasteiger partial charge is 0.262 e. The summed E-state index contributed by atoms with van der Waals surface area (Å²) in [6.45, 7) is 8.02. The Hall–Kier alpha value is -2.19. The number of carbonyl (C=O) groups is 1. The highest BCUT2D eigenvalue weighted by Gasteiger charge is 2.16. The SMILES string of the molecule is CCN(C(C)=O)c1nc(CSc2nc3ccccc3c(=O)n2C(C)C)cs1. The first-order valence-electron chi connectivity index (χ1n) is 8.79. The standard InChI is InChI=1S/C19H22N4O2S2/c1-5-22(13(4)24)18-20-14(10-26-18)11-27-19-21-16-9-7-6-8-15(16)17(25)23(19)12(2)3/h6-10,12H,5,11H2,1-4H3. The molecule has 2 aromatic heterocycles. The second-order valence-corrected chi connectivity index (χ2v) is 8.13. The number of nitrogens with zero attached hydrogens (tertiary/aromatic N) is 4. The number of amides is 1. The minimum absolute atomic E-state index is 0.0106. The van der Waals surface area contributed by atoms with Crippen LogP contribution in [0.2, 0.25) is 0 Å². The van der Waals surface area contributed by atoms with Crippen molar-refractivity contribution in [1.29, 1.82) is 0 Å². The Morgan fingerprint density at radius 1 is 1.30 bits per heavy atom. The maximum Gasteiger partial charge on any atom is 0.262 e. The lowest BCUT2D eigenvalue weighted by molar-refractivity contribution is -0.116. The Kier molecular flexibility index (Phi) is 5.96. The second-order valence-electron chi connectivity index (χ2n) is 6.35. The quantitative estimate of drug-likeness (QED) is 0.459. The molecule has 0 saturated carbocycles. The minimum atomic E-state index is -0.0224. The van der Waals surface area contributed by atoms with Gasteiger partial charge in [-0.3, -0.25) is 19.1 Å². The van der Waals surface area contributed by atoms with Crippen LogP contribution in [0, 0.1) is 0 Å². The van der Waals surface area contributed by atoms with Gasteiger partial charge >= 0.3 is 0 Å². The van der Waals surface area contributed by atoms with Gasteiger partial charge in [0.1, 0.15) is 0 Å². The molecule has 0 saturated heterocycles. The predicted molar refractivity (Wildman–Crippen MR) is 112 cm³/mol. The topological polar surface area (TPSA) is 68.1 Å². The number of fused-ring (bicyclic) bond motifs is 1. The van der Waals surface area contributed by atoms with E-state index < -0.39 is 0 Å². The number of aromatic nitrogens is 3. The van der Waals surface area contributed by atoms with E-state index in [9.17, 15) is 9.59 Å². The summed E-state index contributed by atoms with van der Waals surface area (Å²) in [5.41, 5.74) is 1.55. The van der Waals surface area contributed by atoms with Crippen molar-refractivity contribution in [3.63, 3.8) is 0 Å². The number of anilines is 1. The molecule has 8 heteroatoms. The lowest BCUT2D eigenvalue weighted by Crippen LogP contribution is -2.27. The first-order chi connectivity index (χ1) is 12.9. The van der Waals surface area contributed by atoms with E-state index in [1.807, 2.05) is 50.4 Å². The van der Waals surface area contributed by atoms with Crippen LogP contribution in [0.25, 0.3) is 10.9 Å². The molecule has 0 aliphatic rings. The van der Waals surface area contributed by atoms with Crippen LogP contribution in [0.1, 0.15) is 39.4 Å². The van der Waals surface area contributed by atoms with Crippen molar-refractivity contribution in [1.82, 2.24) is 14.5 Å². The number of rotatable bonds is 6. The number of benzene rings is 1. The summed E-state index contributed by atoms with van der Waals surface area (Å²) in [6, 6.07) is 7.42. The molecule has 0 atom stereocenters. The number of carbonyl (C=O) groups excluding carboxylic acids is 1. The Labute approximate surface area is 166 Å². The van der Waals surface area contributed by atoms with Gasteiger partial charge in [-0.1, -0.05) is 23.9 Å². The van der Waals surface area contributed by atoms with Gasteiger partial charge in [0.15, 0.2) is 10.3 Å². The Balaban J connectivity index is 1.89. The monoisotopic (exact) mass is 402 g/mol. The van der Waals surface area contributed by atoms with E-state index in [0.29, 0.717) is 33.5 Å². The summed E-state index contributed by atoms with van der Waals surface area (Å²) in [5, 5.41) is 3.97. The van der Waals surface area contributed by atoms with Gasteiger partial charge in [0.2, 0.25) is 5.91 Å².